The van der Waals surface area contributed by atoms with Crippen LogP contribution in [-0.2, 0) is 10.0 Å². The van der Waals surface area contributed by atoms with E-state index >= 15 is 0 Å². The van der Waals surface area contributed by atoms with Crippen LogP contribution in [0.15, 0.2) is 28.7 Å². The van der Waals surface area contributed by atoms with Crippen LogP contribution >= 0.6 is 15.9 Å². The number of hydrogen-bond acceptors (Lipinski definition) is 3. The van der Waals surface area contributed by atoms with E-state index in [1.54, 1.807) is 18.2 Å². The fraction of sp³-hybridized carbons (Fsp3) is 0.364. The first-order chi connectivity index (χ1) is 8.38. The van der Waals surface area contributed by atoms with Crippen LogP contribution in [0.5, 0.6) is 0 Å². The predicted octanol–water partition coefficient (Wildman–Crippen LogP) is 1.12. The monoisotopic (exact) mass is 334 g/mol. The number of halogens is 1. The first-order valence-corrected chi connectivity index (χ1v) is 8.05. The Hall–Kier alpha value is -0.920. The molecule has 2 N–H and O–H groups in total. The summed E-state index contributed by atoms with van der Waals surface area (Å²) in [4.78, 5) is 11.7. The van der Waals surface area contributed by atoms with Gasteiger partial charge in [0.25, 0.3) is 5.91 Å². The van der Waals surface area contributed by atoms with E-state index in [4.69, 9.17) is 0 Å². The number of carbonyl (C=O) groups is 1. The smallest absolute Gasteiger partial charge is 0.251 e. The average Bonchev–Trinajstić information content (AvgIpc) is 2.26. The van der Waals surface area contributed by atoms with Crippen LogP contribution in [0.25, 0.3) is 0 Å². The zero-order valence-corrected chi connectivity index (χ0v) is 12.3. The highest BCUT2D eigenvalue weighted by molar-refractivity contribution is 9.10. The number of benzene rings is 1. The lowest BCUT2D eigenvalue weighted by molar-refractivity contribution is 0.0953. The second-order valence-electron chi connectivity index (χ2n) is 3.79. The maximum atomic E-state index is 11.7. The lowest BCUT2D eigenvalue weighted by Crippen LogP contribution is -2.29. The fourth-order valence-corrected chi connectivity index (χ4v) is 2.19. The van der Waals surface area contributed by atoms with E-state index in [2.05, 4.69) is 26.0 Å². The summed E-state index contributed by atoms with van der Waals surface area (Å²) < 4.78 is 24.8. The van der Waals surface area contributed by atoms with Crippen LogP contribution in [0.4, 0.5) is 0 Å². The van der Waals surface area contributed by atoms with Crippen molar-refractivity contribution in [2.45, 2.75) is 6.42 Å². The summed E-state index contributed by atoms with van der Waals surface area (Å²) in [6, 6.07) is 7.07. The zero-order chi connectivity index (χ0) is 13.6. The number of sulfonamides is 1. The SMILES string of the molecule is CS(=O)(=O)NCCCNC(=O)c1cccc(Br)c1. The quantitative estimate of drug-likeness (QED) is 0.765. The maximum Gasteiger partial charge on any atom is 0.251 e. The third-order valence-electron chi connectivity index (χ3n) is 2.09. The van der Waals surface area contributed by atoms with Crippen LogP contribution in [-0.4, -0.2) is 33.7 Å². The summed E-state index contributed by atoms with van der Waals surface area (Å²) in [5.41, 5.74) is 0.570. The normalized spacial score (nSPS) is 11.2. The van der Waals surface area contributed by atoms with Crippen molar-refractivity contribution >= 4 is 31.9 Å². The van der Waals surface area contributed by atoms with Crippen molar-refractivity contribution in [1.29, 1.82) is 0 Å². The minimum Gasteiger partial charge on any atom is -0.352 e. The predicted molar refractivity (Wildman–Crippen MR) is 73.9 cm³/mol. The van der Waals surface area contributed by atoms with Gasteiger partial charge in [0.2, 0.25) is 10.0 Å². The average molecular weight is 335 g/mol. The van der Waals surface area contributed by atoms with Gasteiger partial charge >= 0.3 is 0 Å². The number of hydrogen-bond donors (Lipinski definition) is 2. The van der Waals surface area contributed by atoms with Crippen molar-refractivity contribution in [2.24, 2.45) is 0 Å². The Kier molecular flexibility index (Phi) is 5.77. The highest BCUT2D eigenvalue weighted by atomic mass is 79.9. The van der Waals surface area contributed by atoms with E-state index in [0.29, 0.717) is 25.1 Å². The molecule has 5 nitrogen and oxygen atoms in total. The van der Waals surface area contributed by atoms with Gasteiger partial charge in [-0.05, 0) is 24.6 Å². The van der Waals surface area contributed by atoms with Gasteiger partial charge < -0.3 is 5.32 Å². The Morgan fingerprint density at radius 3 is 2.67 bits per heavy atom. The van der Waals surface area contributed by atoms with Crippen LogP contribution in [0.3, 0.4) is 0 Å². The van der Waals surface area contributed by atoms with Crippen molar-refractivity contribution in [1.82, 2.24) is 10.0 Å². The van der Waals surface area contributed by atoms with Crippen LogP contribution < -0.4 is 10.0 Å². The highest BCUT2D eigenvalue weighted by Crippen LogP contribution is 2.11. The van der Waals surface area contributed by atoms with Crippen molar-refractivity contribution in [2.75, 3.05) is 19.3 Å². The third kappa shape index (κ3) is 6.13. The molecule has 0 saturated heterocycles. The molecular formula is C11H15BrN2O3S. The summed E-state index contributed by atoms with van der Waals surface area (Å²) in [7, 11) is -3.15. The molecular weight excluding hydrogens is 320 g/mol. The molecule has 1 aromatic carbocycles. The molecule has 0 unspecified atom stereocenters. The molecule has 0 fully saturated rings. The summed E-state index contributed by atoms with van der Waals surface area (Å²) >= 11 is 3.29. The summed E-state index contributed by atoms with van der Waals surface area (Å²) in [6.45, 7) is 0.742. The van der Waals surface area contributed by atoms with E-state index in [9.17, 15) is 13.2 Å². The summed E-state index contributed by atoms with van der Waals surface area (Å²) in [5, 5.41) is 2.72. The first-order valence-electron chi connectivity index (χ1n) is 5.37. The molecule has 1 amide bonds. The molecule has 1 rings (SSSR count). The Bertz CT molecular complexity index is 517. The Labute approximate surface area is 115 Å². The highest BCUT2D eigenvalue weighted by Gasteiger charge is 2.05. The number of nitrogens with one attached hydrogen (secondary N) is 2. The minimum absolute atomic E-state index is 0.171. The van der Waals surface area contributed by atoms with Crippen LogP contribution in [0, 0.1) is 0 Å². The second kappa shape index (κ2) is 6.86. The van der Waals surface area contributed by atoms with Crippen molar-refractivity contribution < 1.29 is 13.2 Å². The fourth-order valence-electron chi connectivity index (χ4n) is 1.28. The zero-order valence-electron chi connectivity index (χ0n) is 9.94. The molecule has 0 aliphatic carbocycles. The number of rotatable bonds is 6. The Balaban J connectivity index is 2.30. The molecule has 0 aliphatic rings. The second-order valence-corrected chi connectivity index (χ2v) is 6.53. The van der Waals surface area contributed by atoms with E-state index in [1.165, 1.54) is 0 Å². The Morgan fingerprint density at radius 1 is 1.33 bits per heavy atom. The first kappa shape index (κ1) is 15.1. The standard InChI is InChI=1S/C11H15BrN2O3S/c1-18(16,17)14-7-3-6-13-11(15)9-4-2-5-10(12)8-9/h2,4-5,8,14H,3,6-7H2,1H3,(H,13,15). The minimum atomic E-state index is -3.15. The molecule has 7 heteroatoms. The van der Waals surface area contributed by atoms with Crippen molar-refractivity contribution in [3.05, 3.63) is 34.3 Å². The van der Waals surface area contributed by atoms with Gasteiger partial charge in [-0.1, -0.05) is 22.0 Å². The maximum absolute atomic E-state index is 11.7. The van der Waals surface area contributed by atoms with Gasteiger partial charge in [-0.25, -0.2) is 13.1 Å². The van der Waals surface area contributed by atoms with Gasteiger partial charge in [0.1, 0.15) is 0 Å². The van der Waals surface area contributed by atoms with Crippen LogP contribution in [0.1, 0.15) is 16.8 Å². The van der Waals surface area contributed by atoms with E-state index in [1.807, 2.05) is 6.07 Å². The molecule has 0 radical (unpaired) electrons. The number of amides is 1. The Morgan fingerprint density at radius 2 is 2.06 bits per heavy atom. The van der Waals surface area contributed by atoms with Gasteiger partial charge in [-0.15, -0.1) is 0 Å². The van der Waals surface area contributed by atoms with E-state index in [-0.39, 0.29) is 5.91 Å². The molecule has 0 atom stereocenters. The van der Waals surface area contributed by atoms with Gasteiger partial charge in [0.15, 0.2) is 0 Å². The van der Waals surface area contributed by atoms with Gasteiger partial charge in [0.05, 0.1) is 6.26 Å². The topological polar surface area (TPSA) is 75.3 Å². The van der Waals surface area contributed by atoms with Crippen LogP contribution in [0.2, 0.25) is 0 Å². The van der Waals surface area contributed by atoms with Gasteiger partial charge in [-0.2, -0.15) is 0 Å². The van der Waals surface area contributed by atoms with Crippen molar-refractivity contribution in [3.63, 3.8) is 0 Å². The molecule has 0 spiro atoms. The number of carbonyl (C=O) groups excluding carboxylic acids is 1. The van der Waals surface area contributed by atoms with E-state index < -0.39 is 10.0 Å². The largest absolute Gasteiger partial charge is 0.352 e. The molecule has 0 heterocycles. The lowest BCUT2D eigenvalue weighted by Gasteiger charge is -2.06. The summed E-state index contributed by atoms with van der Waals surface area (Å²) in [6.07, 6.45) is 1.65. The molecule has 100 valence electrons. The van der Waals surface area contributed by atoms with Crippen molar-refractivity contribution in [3.8, 4) is 0 Å². The molecule has 1 aromatic rings. The molecule has 0 saturated carbocycles. The van der Waals surface area contributed by atoms with Gasteiger partial charge in [0, 0.05) is 23.1 Å². The van der Waals surface area contributed by atoms with E-state index in [0.717, 1.165) is 10.7 Å². The van der Waals surface area contributed by atoms with Gasteiger partial charge in [-0.3, -0.25) is 4.79 Å². The molecule has 0 bridgehead atoms. The molecule has 0 aliphatic heterocycles. The third-order valence-corrected chi connectivity index (χ3v) is 3.31. The molecule has 18 heavy (non-hydrogen) atoms. The molecule has 0 aromatic heterocycles. The lowest BCUT2D eigenvalue weighted by atomic mass is 10.2. The summed E-state index contributed by atoms with van der Waals surface area (Å²) in [5.74, 6) is -0.171.